The van der Waals surface area contributed by atoms with Crippen molar-refractivity contribution in [1.29, 1.82) is 5.26 Å². The van der Waals surface area contributed by atoms with Crippen molar-refractivity contribution in [2.75, 3.05) is 0 Å². The Kier molecular flexibility index (Phi) is 6.43. The molecule has 5 rings (SSSR count). The highest BCUT2D eigenvalue weighted by Crippen LogP contribution is 2.28. The number of carbonyl (C=O) groups excluding carboxylic acids is 2. The van der Waals surface area contributed by atoms with Crippen LogP contribution < -0.4 is 0 Å². The smallest absolute Gasteiger partial charge is 0.239 e. The van der Waals surface area contributed by atoms with Gasteiger partial charge in [0.1, 0.15) is 6.33 Å². The number of ketones is 1. The van der Waals surface area contributed by atoms with Crippen LogP contribution in [-0.4, -0.2) is 36.0 Å². The molecule has 0 aliphatic carbocycles. The quantitative estimate of drug-likeness (QED) is 0.282. The number of nitrogens with zero attached hydrogens (tertiary/aromatic N) is 6. The summed E-state index contributed by atoms with van der Waals surface area (Å²) < 4.78 is 3.26. The Morgan fingerprint density at radius 3 is 2.57 bits per heavy atom. The minimum Gasteiger partial charge on any atom is -0.289 e. The van der Waals surface area contributed by atoms with Crippen LogP contribution in [-0.2, 0) is 0 Å². The van der Waals surface area contributed by atoms with Crippen LogP contribution in [0.1, 0.15) is 58.5 Å². The minimum absolute atomic E-state index is 0.0624. The molecule has 0 saturated heterocycles. The SMILES string of the molecule is CC(C(=O)n1ccc2c(-c3cnn([C@@H](C)CC#N)c3)ncnc21)c1cccc(C(=O)c2ccccc2)c1. The molecule has 0 radical (unpaired) electrons. The predicted molar refractivity (Wildman–Crippen MR) is 139 cm³/mol. The summed E-state index contributed by atoms with van der Waals surface area (Å²) in [5.41, 5.74) is 3.82. The average molecular weight is 489 g/mol. The minimum atomic E-state index is -0.507. The second-order valence-corrected chi connectivity index (χ2v) is 8.95. The average Bonchev–Trinajstić information content (AvgIpc) is 3.60. The van der Waals surface area contributed by atoms with Gasteiger partial charge in [-0.25, -0.2) is 9.97 Å². The number of hydrogen-bond acceptors (Lipinski definition) is 6. The second-order valence-electron chi connectivity index (χ2n) is 8.95. The Labute approximate surface area is 213 Å². The maximum Gasteiger partial charge on any atom is 0.239 e. The molecule has 0 fully saturated rings. The molecule has 0 saturated carbocycles. The van der Waals surface area contributed by atoms with E-state index >= 15 is 0 Å². The van der Waals surface area contributed by atoms with Gasteiger partial charge in [-0.2, -0.15) is 10.4 Å². The summed E-state index contributed by atoms with van der Waals surface area (Å²) in [6.07, 6.45) is 7.03. The zero-order chi connectivity index (χ0) is 25.9. The van der Waals surface area contributed by atoms with Crippen LogP contribution in [0.2, 0.25) is 0 Å². The normalized spacial score (nSPS) is 12.7. The van der Waals surface area contributed by atoms with E-state index < -0.39 is 5.92 Å². The van der Waals surface area contributed by atoms with Crippen molar-refractivity contribution in [3.8, 4) is 17.3 Å². The van der Waals surface area contributed by atoms with Crippen molar-refractivity contribution in [1.82, 2.24) is 24.3 Å². The monoisotopic (exact) mass is 488 g/mol. The van der Waals surface area contributed by atoms with E-state index in [2.05, 4.69) is 21.1 Å². The molecule has 0 bridgehead atoms. The molecule has 5 aromatic rings. The van der Waals surface area contributed by atoms with E-state index in [-0.39, 0.29) is 17.7 Å². The molecule has 0 aliphatic rings. The lowest BCUT2D eigenvalue weighted by molar-refractivity contribution is 0.0888. The molecule has 2 aromatic carbocycles. The van der Waals surface area contributed by atoms with Gasteiger partial charge in [0.25, 0.3) is 0 Å². The van der Waals surface area contributed by atoms with Gasteiger partial charge in [0.05, 0.1) is 36.3 Å². The first kappa shape index (κ1) is 23.8. The fourth-order valence-electron chi connectivity index (χ4n) is 4.34. The lowest BCUT2D eigenvalue weighted by atomic mass is 9.95. The third-order valence-corrected chi connectivity index (χ3v) is 6.49. The van der Waals surface area contributed by atoms with Crippen LogP contribution >= 0.6 is 0 Å². The first-order valence-electron chi connectivity index (χ1n) is 12.0. The highest BCUT2D eigenvalue weighted by molar-refractivity contribution is 6.09. The number of aromatic nitrogens is 5. The van der Waals surface area contributed by atoms with Gasteiger partial charge in [-0.1, -0.05) is 48.5 Å². The molecule has 37 heavy (non-hydrogen) atoms. The first-order valence-corrected chi connectivity index (χ1v) is 12.0. The number of carbonyl (C=O) groups is 2. The molecule has 2 atom stereocenters. The summed E-state index contributed by atoms with van der Waals surface area (Å²) in [7, 11) is 0. The number of hydrogen-bond donors (Lipinski definition) is 0. The van der Waals surface area contributed by atoms with Gasteiger partial charge in [0.15, 0.2) is 11.4 Å². The van der Waals surface area contributed by atoms with Crippen molar-refractivity contribution in [3.63, 3.8) is 0 Å². The van der Waals surface area contributed by atoms with Crippen molar-refractivity contribution >= 4 is 22.7 Å². The molecule has 0 N–H and O–H groups in total. The summed E-state index contributed by atoms with van der Waals surface area (Å²) >= 11 is 0. The van der Waals surface area contributed by atoms with Gasteiger partial charge in [-0.3, -0.25) is 18.8 Å². The molecule has 8 heteroatoms. The summed E-state index contributed by atoms with van der Waals surface area (Å²) in [5.74, 6) is -0.759. The molecule has 3 aromatic heterocycles. The maximum atomic E-state index is 13.6. The molecule has 8 nitrogen and oxygen atoms in total. The highest BCUT2D eigenvalue weighted by Gasteiger charge is 2.22. The van der Waals surface area contributed by atoms with Crippen LogP contribution in [0.3, 0.4) is 0 Å². The van der Waals surface area contributed by atoms with Gasteiger partial charge in [-0.05, 0) is 31.5 Å². The van der Waals surface area contributed by atoms with Crippen LogP contribution in [0.5, 0.6) is 0 Å². The van der Waals surface area contributed by atoms with Gasteiger partial charge in [0, 0.05) is 34.5 Å². The standard InChI is InChI=1S/C29H24N6O2/c1-19(11-13-30)35-17-24(16-33-35)26-25-12-14-34(28(25)32-18-31-26)29(37)20(2)22-9-6-10-23(15-22)27(36)21-7-4-3-5-8-21/h3-10,12,14-20H,11H2,1-2H3/t19-,20?/m0/s1. The van der Waals surface area contributed by atoms with E-state index in [1.807, 2.05) is 50.4 Å². The molecule has 182 valence electrons. The lowest BCUT2D eigenvalue weighted by Crippen LogP contribution is -2.18. The summed E-state index contributed by atoms with van der Waals surface area (Å²) in [5, 5.41) is 14.1. The number of nitriles is 1. The zero-order valence-electron chi connectivity index (χ0n) is 20.4. The molecule has 0 aliphatic heterocycles. The van der Waals surface area contributed by atoms with E-state index in [0.717, 1.165) is 16.5 Å². The summed E-state index contributed by atoms with van der Waals surface area (Å²) in [6, 6.07) is 20.2. The van der Waals surface area contributed by atoms with Crippen LogP contribution in [0.4, 0.5) is 0 Å². The number of fused-ring (bicyclic) bond motifs is 1. The second kappa shape index (κ2) is 9.99. The Bertz CT molecular complexity index is 1640. The predicted octanol–water partition coefficient (Wildman–Crippen LogP) is 5.44. The van der Waals surface area contributed by atoms with E-state index in [1.165, 1.54) is 10.9 Å². The van der Waals surface area contributed by atoms with Gasteiger partial charge >= 0.3 is 0 Å². The van der Waals surface area contributed by atoms with E-state index in [4.69, 9.17) is 5.26 Å². The first-order chi connectivity index (χ1) is 18.0. The molecule has 1 unspecified atom stereocenters. The van der Waals surface area contributed by atoms with E-state index in [0.29, 0.717) is 28.9 Å². The van der Waals surface area contributed by atoms with E-state index in [1.54, 1.807) is 47.4 Å². The molecular weight excluding hydrogens is 464 g/mol. The van der Waals surface area contributed by atoms with Crippen molar-refractivity contribution in [2.24, 2.45) is 0 Å². The molecule has 3 heterocycles. The van der Waals surface area contributed by atoms with Crippen LogP contribution in [0.25, 0.3) is 22.3 Å². The molecule has 0 spiro atoms. The topological polar surface area (TPSA) is 106 Å². The van der Waals surface area contributed by atoms with Crippen molar-refractivity contribution in [2.45, 2.75) is 32.2 Å². The Morgan fingerprint density at radius 2 is 1.78 bits per heavy atom. The summed E-state index contributed by atoms with van der Waals surface area (Å²) in [4.78, 5) is 35.3. The zero-order valence-corrected chi connectivity index (χ0v) is 20.4. The van der Waals surface area contributed by atoms with Gasteiger partial charge < -0.3 is 0 Å². The number of rotatable bonds is 7. The van der Waals surface area contributed by atoms with Crippen LogP contribution in [0.15, 0.2) is 85.6 Å². The third kappa shape index (κ3) is 4.55. The Morgan fingerprint density at radius 1 is 1.00 bits per heavy atom. The fraction of sp³-hybridized carbons (Fsp3) is 0.172. The van der Waals surface area contributed by atoms with Crippen molar-refractivity contribution in [3.05, 3.63) is 102 Å². The lowest BCUT2D eigenvalue weighted by Gasteiger charge is -2.13. The fourth-order valence-corrected chi connectivity index (χ4v) is 4.34. The molecular formula is C29H24N6O2. The number of benzene rings is 2. The Balaban J connectivity index is 1.44. The third-order valence-electron chi connectivity index (χ3n) is 6.49. The highest BCUT2D eigenvalue weighted by atomic mass is 16.2. The van der Waals surface area contributed by atoms with E-state index in [9.17, 15) is 9.59 Å². The van der Waals surface area contributed by atoms with Crippen molar-refractivity contribution < 1.29 is 9.59 Å². The summed E-state index contributed by atoms with van der Waals surface area (Å²) in [6.45, 7) is 3.75. The van der Waals surface area contributed by atoms with Crippen LogP contribution in [0, 0.1) is 11.3 Å². The van der Waals surface area contributed by atoms with Gasteiger partial charge in [0.2, 0.25) is 5.91 Å². The Hall–Kier alpha value is -4.90. The van der Waals surface area contributed by atoms with Gasteiger partial charge in [-0.15, -0.1) is 0 Å². The maximum absolute atomic E-state index is 13.6. The largest absolute Gasteiger partial charge is 0.289 e. The molecule has 0 amide bonds.